The number of carbonyl (C=O) groups excluding carboxylic acids is 1. The van der Waals surface area contributed by atoms with Gasteiger partial charge in [0.05, 0.1) is 6.54 Å². The van der Waals surface area contributed by atoms with Crippen molar-refractivity contribution in [3.05, 3.63) is 0 Å². The fraction of sp³-hybridized carbons (Fsp3) is 0.941. The van der Waals surface area contributed by atoms with Gasteiger partial charge in [0.2, 0.25) is 5.91 Å². The molecule has 0 aromatic heterocycles. The van der Waals surface area contributed by atoms with Crippen LogP contribution in [0.1, 0.15) is 33.1 Å². The van der Waals surface area contributed by atoms with Crippen LogP contribution in [0.2, 0.25) is 0 Å². The fourth-order valence-corrected chi connectivity index (χ4v) is 3.78. The van der Waals surface area contributed by atoms with Gasteiger partial charge in [-0.15, -0.1) is 0 Å². The van der Waals surface area contributed by atoms with Crippen molar-refractivity contribution in [3.63, 3.8) is 0 Å². The predicted octanol–water partition coefficient (Wildman–Crippen LogP) is 0.881. The van der Waals surface area contributed by atoms with Crippen LogP contribution in [0.15, 0.2) is 0 Å². The third-order valence-electron chi connectivity index (χ3n) is 4.93. The molecule has 1 amide bonds. The van der Waals surface area contributed by atoms with Gasteiger partial charge in [-0.05, 0) is 37.6 Å². The number of aliphatic hydroxyl groups is 1. The highest BCUT2D eigenvalue weighted by atomic mass is 16.2. The zero-order valence-electron chi connectivity index (χ0n) is 14.3. The van der Waals surface area contributed by atoms with E-state index >= 15 is 0 Å². The van der Waals surface area contributed by atoms with E-state index in [2.05, 4.69) is 28.5 Å². The molecule has 128 valence electrons. The quantitative estimate of drug-likeness (QED) is 0.740. The number of amides is 1. The highest BCUT2D eigenvalue weighted by Crippen LogP contribution is 2.21. The molecule has 2 rings (SSSR count). The van der Waals surface area contributed by atoms with E-state index in [4.69, 9.17) is 5.11 Å². The Labute approximate surface area is 135 Å². The molecule has 2 atom stereocenters. The van der Waals surface area contributed by atoms with Crippen LogP contribution in [0.3, 0.4) is 0 Å². The van der Waals surface area contributed by atoms with Crippen molar-refractivity contribution in [2.24, 2.45) is 11.8 Å². The number of nitrogens with zero attached hydrogens (tertiary/aromatic N) is 3. The number of piperidine rings is 1. The molecule has 2 aliphatic rings. The molecule has 22 heavy (non-hydrogen) atoms. The third kappa shape index (κ3) is 5.52. The van der Waals surface area contributed by atoms with Crippen LogP contribution in [-0.2, 0) is 4.79 Å². The molecule has 2 fully saturated rings. The molecule has 1 N–H and O–H groups in total. The maximum Gasteiger partial charge on any atom is 0.236 e. The average molecular weight is 311 g/mol. The first-order valence-electron chi connectivity index (χ1n) is 8.92. The van der Waals surface area contributed by atoms with Crippen molar-refractivity contribution in [2.45, 2.75) is 33.1 Å². The lowest BCUT2D eigenvalue weighted by atomic mass is 9.92. The lowest BCUT2D eigenvalue weighted by Crippen LogP contribution is -2.52. The van der Waals surface area contributed by atoms with Gasteiger partial charge in [-0.3, -0.25) is 9.69 Å². The maximum atomic E-state index is 12.5. The Morgan fingerprint density at radius 2 is 1.59 bits per heavy atom. The van der Waals surface area contributed by atoms with E-state index < -0.39 is 0 Å². The summed E-state index contributed by atoms with van der Waals surface area (Å²) < 4.78 is 0. The summed E-state index contributed by atoms with van der Waals surface area (Å²) in [5.41, 5.74) is 0. The molecule has 5 nitrogen and oxygen atoms in total. The van der Waals surface area contributed by atoms with Gasteiger partial charge in [0.25, 0.3) is 0 Å². The van der Waals surface area contributed by atoms with E-state index in [1.165, 1.54) is 6.42 Å². The Hall–Kier alpha value is -0.650. The average Bonchev–Trinajstić information content (AvgIpc) is 2.48. The van der Waals surface area contributed by atoms with Gasteiger partial charge in [-0.2, -0.15) is 0 Å². The Balaban J connectivity index is 1.68. The molecule has 2 heterocycles. The van der Waals surface area contributed by atoms with E-state index in [9.17, 15) is 4.79 Å². The number of carbonyl (C=O) groups is 1. The van der Waals surface area contributed by atoms with Crippen molar-refractivity contribution in [3.8, 4) is 0 Å². The molecule has 0 aromatic carbocycles. The van der Waals surface area contributed by atoms with E-state index in [-0.39, 0.29) is 0 Å². The Morgan fingerprint density at radius 1 is 1.00 bits per heavy atom. The summed E-state index contributed by atoms with van der Waals surface area (Å²) >= 11 is 0. The van der Waals surface area contributed by atoms with Crippen LogP contribution in [0.4, 0.5) is 0 Å². The molecular weight excluding hydrogens is 278 g/mol. The minimum Gasteiger partial charge on any atom is -0.396 e. The van der Waals surface area contributed by atoms with Crippen molar-refractivity contribution < 1.29 is 9.90 Å². The van der Waals surface area contributed by atoms with Crippen LogP contribution in [0.5, 0.6) is 0 Å². The van der Waals surface area contributed by atoms with Crippen LogP contribution in [-0.4, -0.2) is 84.7 Å². The van der Waals surface area contributed by atoms with Crippen LogP contribution >= 0.6 is 0 Å². The van der Waals surface area contributed by atoms with Crippen molar-refractivity contribution in [2.75, 3.05) is 59.0 Å². The van der Waals surface area contributed by atoms with Crippen molar-refractivity contribution >= 4 is 5.91 Å². The van der Waals surface area contributed by atoms with Gasteiger partial charge in [-0.25, -0.2) is 0 Å². The fourth-order valence-electron chi connectivity index (χ4n) is 3.78. The highest BCUT2D eigenvalue weighted by Gasteiger charge is 2.27. The summed E-state index contributed by atoms with van der Waals surface area (Å²) in [5.74, 6) is 1.58. The van der Waals surface area contributed by atoms with E-state index in [1.54, 1.807) is 0 Å². The highest BCUT2D eigenvalue weighted by molar-refractivity contribution is 5.78. The van der Waals surface area contributed by atoms with Gasteiger partial charge in [0.1, 0.15) is 0 Å². The zero-order chi connectivity index (χ0) is 15.9. The third-order valence-corrected chi connectivity index (χ3v) is 4.93. The number of rotatable bonds is 6. The Kier molecular flexibility index (Phi) is 7.12. The monoisotopic (exact) mass is 311 g/mol. The number of piperazine rings is 1. The number of unbranched alkanes of at least 4 members (excludes halogenated alkanes) is 1. The number of hydrogen-bond donors (Lipinski definition) is 1. The predicted molar refractivity (Wildman–Crippen MR) is 88.7 cm³/mol. The molecule has 5 heteroatoms. The molecule has 2 unspecified atom stereocenters. The molecule has 0 saturated carbocycles. The topological polar surface area (TPSA) is 47.0 Å². The molecular formula is C17H33N3O2. The first-order valence-corrected chi connectivity index (χ1v) is 8.92. The van der Waals surface area contributed by atoms with Crippen LogP contribution in [0.25, 0.3) is 0 Å². The summed E-state index contributed by atoms with van der Waals surface area (Å²) in [6.45, 7) is 12.4. The second kappa shape index (κ2) is 8.85. The molecule has 0 radical (unpaired) electrons. The standard InChI is InChI=1S/C17H33N3O2/c1-15-11-16(2)13-20(12-15)17(22)14-19-8-6-18(7-9-19)5-3-4-10-21/h15-16,21H,3-14H2,1-2H3. The SMILES string of the molecule is CC1CC(C)CN(C(=O)CN2CCN(CCCCO)CC2)C1. The molecule has 2 saturated heterocycles. The first kappa shape index (κ1) is 17.7. The smallest absolute Gasteiger partial charge is 0.236 e. The Morgan fingerprint density at radius 3 is 2.18 bits per heavy atom. The van der Waals surface area contributed by atoms with E-state index in [1.807, 2.05) is 0 Å². The van der Waals surface area contributed by atoms with Crippen LogP contribution in [0, 0.1) is 11.8 Å². The van der Waals surface area contributed by atoms with Gasteiger partial charge in [0, 0.05) is 45.9 Å². The van der Waals surface area contributed by atoms with Gasteiger partial charge >= 0.3 is 0 Å². The summed E-state index contributed by atoms with van der Waals surface area (Å²) in [6, 6.07) is 0. The minimum atomic E-state index is 0.293. The second-order valence-corrected chi connectivity index (χ2v) is 7.29. The first-order chi connectivity index (χ1) is 10.6. The largest absolute Gasteiger partial charge is 0.396 e. The molecule has 0 aliphatic carbocycles. The molecule has 2 aliphatic heterocycles. The minimum absolute atomic E-state index is 0.293. The van der Waals surface area contributed by atoms with Crippen molar-refractivity contribution in [1.82, 2.24) is 14.7 Å². The number of hydrogen-bond acceptors (Lipinski definition) is 4. The maximum absolute atomic E-state index is 12.5. The molecule has 0 bridgehead atoms. The summed E-state index contributed by atoms with van der Waals surface area (Å²) in [5, 5.41) is 8.83. The van der Waals surface area contributed by atoms with Crippen LogP contribution < -0.4 is 0 Å². The summed E-state index contributed by atoms with van der Waals surface area (Å²) in [7, 11) is 0. The Bertz CT molecular complexity index is 333. The normalized spacial score (nSPS) is 28.0. The van der Waals surface area contributed by atoms with E-state index in [0.717, 1.165) is 58.7 Å². The summed E-state index contributed by atoms with van der Waals surface area (Å²) in [4.78, 5) is 19.3. The second-order valence-electron chi connectivity index (χ2n) is 7.29. The van der Waals surface area contributed by atoms with Gasteiger partial charge in [0.15, 0.2) is 0 Å². The number of aliphatic hydroxyl groups excluding tert-OH is 1. The van der Waals surface area contributed by atoms with Crippen molar-refractivity contribution in [1.29, 1.82) is 0 Å². The lowest BCUT2D eigenvalue weighted by molar-refractivity contribution is -0.135. The van der Waals surface area contributed by atoms with Gasteiger partial charge < -0.3 is 14.9 Å². The number of likely N-dealkylation sites (tertiary alicyclic amines) is 1. The lowest BCUT2D eigenvalue weighted by Gasteiger charge is -2.38. The molecule has 0 spiro atoms. The molecule has 0 aromatic rings. The zero-order valence-corrected chi connectivity index (χ0v) is 14.3. The van der Waals surface area contributed by atoms with E-state index in [0.29, 0.717) is 30.9 Å². The van der Waals surface area contributed by atoms with Gasteiger partial charge in [-0.1, -0.05) is 13.8 Å². The summed E-state index contributed by atoms with van der Waals surface area (Å²) in [6.07, 6.45) is 3.21.